The number of esters is 3. The summed E-state index contributed by atoms with van der Waals surface area (Å²) in [6, 6.07) is 0. The predicted molar refractivity (Wildman–Crippen MR) is 49.0 cm³/mol. The van der Waals surface area contributed by atoms with Gasteiger partial charge in [0.05, 0.1) is 12.8 Å². The van der Waals surface area contributed by atoms with Gasteiger partial charge in [-0.25, -0.2) is 9.59 Å². The van der Waals surface area contributed by atoms with Crippen molar-refractivity contribution in [3.8, 4) is 0 Å². The average Bonchev–Trinajstić information content (AvgIpc) is 2.17. The molecule has 0 aromatic heterocycles. The zero-order valence-corrected chi connectivity index (χ0v) is 8.23. The lowest BCUT2D eigenvalue weighted by Gasteiger charge is -2.08. The van der Waals surface area contributed by atoms with E-state index in [2.05, 4.69) is 14.8 Å². The van der Waals surface area contributed by atoms with E-state index >= 15 is 0 Å². The van der Waals surface area contributed by atoms with Gasteiger partial charge in [0.15, 0.2) is 0 Å². The van der Waals surface area contributed by atoms with Crippen molar-refractivity contribution in [2.24, 2.45) is 0 Å². The van der Waals surface area contributed by atoms with Gasteiger partial charge < -0.3 is 14.8 Å². The van der Waals surface area contributed by atoms with Crippen LogP contribution in [0, 0.1) is 0 Å². The SMILES string of the molecule is O=C1C=CCC(=O)O1.O=C1CCNC(=O)O1. The lowest BCUT2D eigenvalue weighted by Crippen LogP contribution is -2.34. The van der Waals surface area contributed by atoms with Crippen molar-refractivity contribution in [3.05, 3.63) is 12.2 Å². The van der Waals surface area contributed by atoms with Gasteiger partial charge in [-0.2, -0.15) is 0 Å². The van der Waals surface area contributed by atoms with Crippen LogP contribution in [0.4, 0.5) is 4.79 Å². The monoisotopic (exact) mass is 227 g/mol. The van der Waals surface area contributed by atoms with Crippen molar-refractivity contribution < 1.29 is 28.7 Å². The van der Waals surface area contributed by atoms with Crippen LogP contribution in [-0.2, 0) is 23.9 Å². The van der Waals surface area contributed by atoms with Gasteiger partial charge in [0.2, 0.25) is 0 Å². The zero-order valence-electron chi connectivity index (χ0n) is 8.23. The van der Waals surface area contributed by atoms with Crippen molar-refractivity contribution in [1.82, 2.24) is 5.32 Å². The Hall–Kier alpha value is -2.18. The second-order valence-electron chi connectivity index (χ2n) is 2.84. The molecule has 0 aliphatic carbocycles. The van der Waals surface area contributed by atoms with E-state index in [-0.39, 0.29) is 12.8 Å². The standard InChI is InChI=1S/C5H4O3.C4H5NO3/c6-4-2-1-3-5(7)8-4;6-3-1-2-5-4(7)8-3/h1-2H,3H2;1-2H2,(H,5,7). The molecule has 2 heterocycles. The van der Waals surface area contributed by atoms with E-state index in [4.69, 9.17) is 0 Å². The molecule has 0 spiro atoms. The Labute approximate surface area is 90.4 Å². The summed E-state index contributed by atoms with van der Waals surface area (Å²) in [5.74, 6) is -1.49. The summed E-state index contributed by atoms with van der Waals surface area (Å²) in [7, 11) is 0. The molecule has 16 heavy (non-hydrogen) atoms. The predicted octanol–water partition coefficient (Wildman–Crippen LogP) is -0.341. The summed E-state index contributed by atoms with van der Waals surface area (Å²) >= 11 is 0. The Balaban J connectivity index is 0.000000160. The fraction of sp³-hybridized carbons (Fsp3) is 0.333. The van der Waals surface area contributed by atoms with Crippen LogP contribution in [0.1, 0.15) is 12.8 Å². The van der Waals surface area contributed by atoms with Gasteiger partial charge in [0.25, 0.3) is 0 Å². The van der Waals surface area contributed by atoms with Gasteiger partial charge in [-0.15, -0.1) is 0 Å². The molecule has 2 aliphatic rings. The largest absolute Gasteiger partial charge is 0.414 e. The molecule has 0 unspecified atom stereocenters. The molecule has 1 N–H and O–H groups in total. The lowest BCUT2D eigenvalue weighted by molar-refractivity contribution is -0.156. The number of hydrogen-bond donors (Lipinski definition) is 1. The molecule has 0 aromatic rings. The van der Waals surface area contributed by atoms with Crippen LogP contribution < -0.4 is 5.32 Å². The number of alkyl carbamates (subject to hydrolysis) is 1. The minimum atomic E-state index is -0.638. The van der Waals surface area contributed by atoms with Crippen LogP contribution in [0.5, 0.6) is 0 Å². The number of cyclic esters (lactones) is 4. The summed E-state index contributed by atoms with van der Waals surface area (Å²) in [4.78, 5) is 40.6. The number of ether oxygens (including phenoxy) is 2. The van der Waals surface area contributed by atoms with Crippen LogP contribution >= 0.6 is 0 Å². The molecular weight excluding hydrogens is 218 g/mol. The molecular formula is C9H9NO6. The third-order valence-corrected chi connectivity index (χ3v) is 1.56. The maximum absolute atomic E-state index is 10.2. The van der Waals surface area contributed by atoms with E-state index < -0.39 is 24.0 Å². The number of hydrogen-bond acceptors (Lipinski definition) is 6. The second-order valence-corrected chi connectivity index (χ2v) is 2.84. The highest BCUT2D eigenvalue weighted by Crippen LogP contribution is 1.96. The van der Waals surface area contributed by atoms with Gasteiger partial charge in [-0.3, -0.25) is 9.59 Å². The van der Waals surface area contributed by atoms with E-state index in [1.54, 1.807) is 0 Å². The molecule has 86 valence electrons. The van der Waals surface area contributed by atoms with Crippen LogP contribution in [0.25, 0.3) is 0 Å². The summed E-state index contributed by atoms with van der Waals surface area (Å²) in [6.07, 6.45) is 2.58. The molecule has 0 saturated carbocycles. The number of carbonyl (C=O) groups excluding carboxylic acids is 4. The van der Waals surface area contributed by atoms with Gasteiger partial charge >= 0.3 is 24.0 Å². The highest BCUT2D eigenvalue weighted by Gasteiger charge is 2.14. The van der Waals surface area contributed by atoms with E-state index in [0.717, 1.165) is 0 Å². The molecule has 2 rings (SSSR count). The minimum absolute atomic E-state index is 0.214. The van der Waals surface area contributed by atoms with E-state index in [0.29, 0.717) is 6.54 Å². The maximum atomic E-state index is 10.2. The van der Waals surface area contributed by atoms with Crippen LogP contribution in [-0.4, -0.2) is 30.5 Å². The number of rotatable bonds is 0. The van der Waals surface area contributed by atoms with Gasteiger partial charge in [0.1, 0.15) is 0 Å². The van der Waals surface area contributed by atoms with Crippen molar-refractivity contribution in [3.63, 3.8) is 0 Å². The quantitative estimate of drug-likeness (QED) is 0.449. The van der Waals surface area contributed by atoms with Gasteiger partial charge in [-0.05, 0) is 0 Å². The number of carbonyl (C=O) groups is 4. The first kappa shape index (κ1) is 11.9. The highest BCUT2D eigenvalue weighted by atomic mass is 16.6. The third-order valence-electron chi connectivity index (χ3n) is 1.56. The molecule has 0 atom stereocenters. The molecule has 7 heteroatoms. The van der Waals surface area contributed by atoms with Crippen LogP contribution in [0.3, 0.4) is 0 Å². The number of nitrogens with one attached hydrogen (secondary N) is 1. The first-order valence-corrected chi connectivity index (χ1v) is 4.47. The van der Waals surface area contributed by atoms with E-state index in [9.17, 15) is 19.2 Å². The topological polar surface area (TPSA) is 98.8 Å². The Bertz CT molecular complexity index is 345. The second kappa shape index (κ2) is 5.64. The normalized spacial score (nSPS) is 19.0. The third kappa shape index (κ3) is 4.36. The van der Waals surface area contributed by atoms with Crippen molar-refractivity contribution in [2.45, 2.75) is 12.8 Å². The molecule has 1 saturated heterocycles. The minimum Gasteiger partial charge on any atom is -0.390 e. The molecule has 0 aromatic carbocycles. The summed E-state index contributed by atoms with van der Waals surface area (Å²) in [5, 5.41) is 2.33. The summed E-state index contributed by atoms with van der Waals surface area (Å²) in [5.41, 5.74) is 0. The summed E-state index contributed by atoms with van der Waals surface area (Å²) < 4.78 is 8.22. The molecule has 7 nitrogen and oxygen atoms in total. The van der Waals surface area contributed by atoms with E-state index in [1.807, 2.05) is 0 Å². The highest BCUT2D eigenvalue weighted by molar-refractivity contribution is 5.95. The first-order valence-electron chi connectivity index (χ1n) is 4.47. The Kier molecular flexibility index (Phi) is 4.19. The molecule has 0 bridgehead atoms. The van der Waals surface area contributed by atoms with Crippen molar-refractivity contribution in [2.75, 3.05) is 6.54 Å². The molecule has 1 fully saturated rings. The van der Waals surface area contributed by atoms with Gasteiger partial charge in [-0.1, -0.05) is 6.08 Å². The molecule has 0 radical (unpaired) electrons. The molecule has 2 aliphatic heterocycles. The van der Waals surface area contributed by atoms with Crippen LogP contribution in [0.15, 0.2) is 12.2 Å². The van der Waals surface area contributed by atoms with Crippen molar-refractivity contribution >= 4 is 24.0 Å². The average molecular weight is 227 g/mol. The zero-order chi connectivity index (χ0) is 12.0. The maximum Gasteiger partial charge on any atom is 0.414 e. The van der Waals surface area contributed by atoms with Crippen molar-refractivity contribution in [1.29, 1.82) is 0 Å². The fourth-order valence-corrected chi connectivity index (χ4v) is 0.896. The Morgan fingerprint density at radius 3 is 2.19 bits per heavy atom. The first-order chi connectivity index (χ1) is 7.58. The van der Waals surface area contributed by atoms with Gasteiger partial charge in [0, 0.05) is 12.6 Å². The van der Waals surface area contributed by atoms with Crippen LogP contribution in [0.2, 0.25) is 0 Å². The molecule has 1 amide bonds. The van der Waals surface area contributed by atoms with E-state index in [1.165, 1.54) is 12.2 Å². The Morgan fingerprint density at radius 2 is 1.81 bits per heavy atom. The summed E-state index contributed by atoms with van der Waals surface area (Å²) in [6.45, 7) is 0.400. The lowest BCUT2D eigenvalue weighted by atomic mass is 10.3. The fourth-order valence-electron chi connectivity index (χ4n) is 0.896. The number of amides is 1. The smallest absolute Gasteiger partial charge is 0.390 e. The Morgan fingerprint density at radius 1 is 1.06 bits per heavy atom.